The third-order valence-electron chi connectivity index (χ3n) is 5.20. The van der Waals surface area contributed by atoms with Gasteiger partial charge < -0.3 is 5.11 Å². The number of carbonyl (C=O) groups is 1. The van der Waals surface area contributed by atoms with Crippen LogP contribution in [0.3, 0.4) is 0 Å². The van der Waals surface area contributed by atoms with E-state index in [1.807, 2.05) is 37.6 Å². The number of carboxylic acid groups (broad SMARTS) is 1. The molecule has 4 heteroatoms. The Labute approximate surface area is 156 Å². The summed E-state index contributed by atoms with van der Waals surface area (Å²) in [5.74, 6) is -0.788. The first-order chi connectivity index (χ1) is 12.5. The molecule has 0 saturated heterocycles. The van der Waals surface area contributed by atoms with Gasteiger partial charge >= 0.3 is 5.97 Å². The summed E-state index contributed by atoms with van der Waals surface area (Å²) >= 11 is 1.67. The molecule has 3 nitrogen and oxygen atoms in total. The fourth-order valence-corrected chi connectivity index (χ4v) is 4.69. The zero-order valence-electron chi connectivity index (χ0n) is 14.8. The first kappa shape index (κ1) is 16.7. The molecular weight excluding hydrogens is 342 g/mol. The molecule has 0 fully saturated rings. The van der Waals surface area contributed by atoms with Crippen molar-refractivity contribution in [3.63, 3.8) is 0 Å². The molecule has 0 saturated carbocycles. The summed E-state index contributed by atoms with van der Waals surface area (Å²) in [5.41, 5.74) is 2.62. The summed E-state index contributed by atoms with van der Waals surface area (Å²) in [5, 5.41) is 13.9. The predicted molar refractivity (Wildman–Crippen MR) is 108 cm³/mol. The minimum Gasteiger partial charge on any atom is -0.481 e. The average Bonchev–Trinajstić information content (AvgIpc) is 3.19. The van der Waals surface area contributed by atoms with Gasteiger partial charge in [0.15, 0.2) is 5.71 Å². The Hall–Kier alpha value is -2.72. The SMILES string of the molecule is C[N+]1=C(C=Cc2cccs2)C(C)(CC(=O)O)c2c1ccc1ccccc21. The molecule has 1 N–H and O–H groups in total. The van der Waals surface area contributed by atoms with Gasteiger partial charge in [-0.3, -0.25) is 4.79 Å². The van der Waals surface area contributed by atoms with E-state index in [2.05, 4.69) is 47.1 Å². The van der Waals surface area contributed by atoms with Crippen LogP contribution in [0.5, 0.6) is 0 Å². The standard InChI is InChI=1S/C22H19NO2S/c1-22(14-20(24)25)19(12-10-16-7-5-13-26-16)23(2)18-11-9-15-6-3-4-8-17(15)21(18)22/h3-13H,14H2,1-2H3/p+1. The summed E-state index contributed by atoms with van der Waals surface area (Å²) in [6.07, 6.45) is 4.21. The second-order valence-electron chi connectivity index (χ2n) is 6.88. The van der Waals surface area contributed by atoms with Crippen LogP contribution in [0, 0.1) is 0 Å². The van der Waals surface area contributed by atoms with Crippen LogP contribution in [0.1, 0.15) is 23.8 Å². The van der Waals surface area contributed by atoms with E-state index in [1.165, 1.54) is 0 Å². The van der Waals surface area contributed by atoms with E-state index in [-0.39, 0.29) is 6.42 Å². The number of fused-ring (bicyclic) bond motifs is 3. The van der Waals surface area contributed by atoms with Crippen molar-refractivity contribution in [1.82, 2.24) is 0 Å². The van der Waals surface area contributed by atoms with Gasteiger partial charge in [-0.15, -0.1) is 11.3 Å². The number of hydrogen-bond acceptors (Lipinski definition) is 2. The van der Waals surface area contributed by atoms with Crippen molar-refractivity contribution in [2.24, 2.45) is 0 Å². The van der Waals surface area contributed by atoms with Gasteiger partial charge in [-0.05, 0) is 41.3 Å². The quantitative estimate of drug-likeness (QED) is 0.658. The minimum absolute atomic E-state index is 0.0580. The van der Waals surface area contributed by atoms with Crippen molar-refractivity contribution >= 4 is 45.6 Å². The maximum atomic E-state index is 11.7. The maximum Gasteiger partial charge on any atom is 0.304 e. The van der Waals surface area contributed by atoms with Crippen LogP contribution < -0.4 is 0 Å². The summed E-state index contributed by atoms with van der Waals surface area (Å²) in [6, 6.07) is 16.5. The van der Waals surface area contributed by atoms with Crippen LogP contribution in [0.25, 0.3) is 16.8 Å². The molecule has 1 aromatic heterocycles. The molecule has 1 unspecified atom stereocenters. The molecule has 1 aliphatic heterocycles. The van der Waals surface area contributed by atoms with Gasteiger partial charge in [-0.1, -0.05) is 30.3 Å². The second kappa shape index (κ2) is 6.22. The summed E-state index contributed by atoms with van der Waals surface area (Å²) in [7, 11) is 2.02. The molecule has 3 aromatic rings. The third-order valence-corrected chi connectivity index (χ3v) is 6.04. The molecule has 0 amide bonds. The van der Waals surface area contributed by atoms with Crippen molar-refractivity contribution in [1.29, 1.82) is 0 Å². The number of thiophene rings is 1. The van der Waals surface area contributed by atoms with E-state index in [0.29, 0.717) is 0 Å². The largest absolute Gasteiger partial charge is 0.481 e. The zero-order chi connectivity index (χ0) is 18.3. The van der Waals surface area contributed by atoms with Crippen molar-refractivity contribution < 1.29 is 14.5 Å². The summed E-state index contributed by atoms with van der Waals surface area (Å²) in [6.45, 7) is 2.05. The number of aliphatic carboxylic acids is 1. The highest BCUT2D eigenvalue weighted by atomic mass is 32.1. The zero-order valence-corrected chi connectivity index (χ0v) is 15.6. The van der Waals surface area contributed by atoms with E-state index in [9.17, 15) is 9.90 Å². The Morgan fingerprint density at radius 1 is 1.15 bits per heavy atom. The minimum atomic E-state index is -0.788. The van der Waals surface area contributed by atoms with Crippen LogP contribution >= 0.6 is 11.3 Å². The van der Waals surface area contributed by atoms with Gasteiger partial charge in [0.2, 0.25) is 5.69 Å². The smallest absolute Gasteiger partial charge is 0.304 e. The molecule has 4 rings (SSSR count). The lowest BCUT2D eigenvalue weighted by atomic mass is 9.74. The Morgan fingerprint density at radius 2 is 1.96 bits per heavy atom. The topological polar surface area (TPSA) is 40.3 Å². The van der Waals surface area contributed by atoms with E-state index >= 15 is 0 Å². The van der Waals surface area contributed by atoms with Crippen LogP contribution in [0.15, 0.2) is 60.0 Å². The predicted octanol–water partition coefficient (Wildman–Crippen LogP) is 5.08. The van der Waals surface area contributed by atoms with E-state index in [0.717, 1.165) is 32.6 Å². The van der Waals surface area contributed by atoms with Gasteiger partial charge in [0.1, 0.15) is 7.05 Å². The highest BCUT2D eigenvalue weighted by Gasteiger charge is 2.49. The molecule has 130 valence electrons. The second-order valence-corrected chi connectivity index (χ2v) is 7.86. The number of rotatable bonds is 4. The average molecular weight is 362 g/mol. The van der Waals surface area contributed by atoms with Crippen LogP contribution in [0.2, 0.25) is 0 Å². The lowest BCUT2D eigenvalue weighted by Gasteiger charge is -2.21. The van der Waals surface area contributed by atoms with Gasteiger partial charge in [-0.2, -0.15) is 4.58 Å². The molecule has 2 aromatic carbocycles. The van der Waals surface area contributed by atoms with Gasteiger partial charge in [0.25, 0.3) is 0 Å². The van der Waals surface area contributed by atoms with E-state index < -0.39 is 11.4 Å². The molecule has 0 bridgehead atoms. The summed E-state index contributed by atoms with van der Waals surface area (Å²) in [4.78, 5) is 12.9. The highest BCUT2D eigenvalue weighted by molar-refractivity contribution is 7.10. The first-order valence-corrected chi connectivity index (χ1v) is 9.45. The van der Waals surface area contributed by atoms with Gasteiger partial charge in [-0.25, -0.2) is 0 Å². The first-order valence-electron chi connectivity index (χ1n) is 8.57. The van der Waals surface area contributed by atoms with Crippen LogP contribution in [-0.2, 0) is 10.2 Å². The highest BCUT2D eigenvalue weighted by Crippen LogP contribution is 2.45. The van der Waals surface area contributed by atoms with Crippen molar-refractivity contribution in [3.05, 3.63) is 70.4 Å². The number of nitrogens with zero attached hydrogens (tertiary/aromatic N) is 1. The number of benzene rings is 2. The Balaban J connectivity index is 1.94. The Kier molecular flexibility index (Phi) is 4.00. The molecular formula is C22H20NO2S+. The van der Waals surface area contributed by atoms with Crippen molar-refractivity contribution in [2.75, 3.05) is 7.05 Å². The lowest BCUT2D eigenvalue weighted by Crippen LogP contribution is -2.33. The lowest BCUT2D eigenvalue weighted by molar-refractivity contribution is -0.401. The Bertz CT molecular complexity index is 1060. The number of carboxylic acids is 1. The number of allylic oxidation sites excluding steroid dienone is 1. The van der Waals surface area contributed by atoms with Crippen molar-refractivity contribution in [3.8, 4) is 0 Å². The fraction of sp³-hybridized carbons (Fsp3) is 0.182. The van der Waals surface area contributed by atoms with Crippen molar-refractivity contribution in [2.45, 2.75) is 18.8 Å². The maximum absolute atomic E-state index is 11.7. The Morgan fingerprint density at radius 3 is 2.69 bits per heavy atom. The molecule has 1 aliphatic rings. The summed E-state index contributed by atoms with van der Waals surface area (Å²) < 4.78 is 2.13. The molecule has 1 atom stereocenters. The van der Waals surface area contributed by atoms with E-state index in [4.69, 9.17) is 0 Å². The third kappa shape index (κ3) is 2.58. The van der Waals surface area contributed by atoms with Gasteiger partial charge in [0.05, 0.1) is 11.8 Å². The number of hydrogen-bond donors (Lipinski definition) is 1. The fourth-order valence-electron chi connectivity index (χ4n) is 4.07. The van der Waals surface area contributed by atoms with E-state index in [1.54, 1.807) is 11.3 Å². The molecule has 0 aliphatic carbocycles. The van der Waals surface area contributed by atoms with Crippen LogP contribution in [-0.4, -0.2) is 28.4 Å². The monoisotopic (exact) mass is 362 g/mol. The van der Waals surface area contributed by atoms with Gasteiger partial charge in [0, 0.05) is 22.6 Å². The normalized spacial score (nSPS) is 19.5. The molecule has 0 spiro atoms. The van der Waals surface area contributed by atoms with Crippen LogP contribution in [0.4, 0.5) is 5.69 Å². The molecule has 2 heterocycles. The molecule has 0 radical (unpaired) electrons. The molecule has 26 heavy (non-hydrogen) atoms.